The Morgan fingerprint density at radius 2 is 1.73 bits per heavy atom. The third-order valence-corrected chi connectivity index (χ3v) is 3.01. The fraction of sp³-hybridized carbons (Fsp3) is 0.385. The Kier molecular flexibility index (Phi) is 4.79. The van der Waals surface area contributed by atoms with Crippen molar-refractivity contribution in [2.75, 3.05) is 6.61 Å². The molecule has 0 aromatic heterocycles. The van der Waals surface area contributed by atoms with Crippen LogP contribution in [-0.4, -0.2) is 14.9 Å². The van der Waals surface area contributed by atoms with Gasteiger partial charge in [0.15, 0.2) is 8.32 Å². The Balaban J connectivity index is 2.23. The Bertz CT molecular complexity index is 298. The van der Waals surface area contributed by atoms with Crippen LogP contribution in [0.1, 0.15) is 5.56 Å². The zero-order chi connectivity index (χ0) is 11.1. The predicted octanol–water partition coefficient (Wildman–Crippen LogP) is 3.64. The van der Waals surface area contributed by atoms with E-state index in [1.165, 1.54) is 5.56 Å². The van der Waals surface area contributed by atoms with E-state index >= 15 is 0 Å². The highest BCUT2D eigenvalue weighted by molar-refractivity contribution is 6.69. The monoisotopic (exact) mass is 220 g/mol. The van der Waals surface area contributed by atoms with E-state index in [-0.39, 0.29) is 0 Å². The van der Waals surface area contributed by atoms with Crippen LogP contribution in [0.3, 0.4) is 0 Å². The lowest BCUT2D eigenvalue weighted by Gasteiger charge is -2.14. The topological polar surface area (TPSA) is 9.23 Å². The molecule has 1 aromatic rings. The highest BCUT2D eigenvalue weighted by atomic mass is 28.4. The van der Waals surface area contributed by atoms with Crippen molar-refractivity contribution in [2.45, 2.75) is 26.1 Å². The van der Waals surface area contributed by atoms with Crippen molar-refractivity contribution >= 4 is 8.32 Å². The normalized spacial score (nSPS) is 12.2. The molecule has 0 fully saturated rings. The van der Waals surface area contributed by atoms with Crippen molar-refractivity contribution < 1.29 is 4.43 Å². The van der Waals surface area contributed by atoms with Crippen molar-refractivity contribution in [2.24, 2.45) is 0 Å². The summed E-state index contributed by atoms with van der Waals surface area (Å²) in [5, 5.41) is 0. The highest BCUT2D eigenvalue weighted by Crippen LogP contribution is 2.03. The van der Waals surface area contributed by atoms with Gasteiger partial charge in [-0.1, -0.05) is 42.5 Å². The molecule has 15 heavy (non-hydrogen) atoms. The average molecular weight is 220 g/mol. The van der Waals surface area contributed by atoms with Gasteiger partial charge in [-0.15, -0.1) is 0 Å². The van der Waals surface area contributed by atoms with E-state index in [0.29, 0.717) is 0 Å². The maximum Gasteiger partial charge on any atom is 0.184 e. The van der Waals surface area contributed by atoms with E-state index in [0.717, 1.165) is 13.0 Å². The molecule has 0 atom stereocenters. The number of allylic oxidation sites excluding steroid dienone is 1. The van der Waals surface area contributed by atoms with Gasteiger partial charge in [0.1, 0.15) is 0 Å². The summed E-state index contributed by atoms with van der Waals surface area (Å²) < 4.78 is 5.72. The smallest absolute Gasteiger partial charge is 0.184 e. The summed E-state index contributed by atoms with van der Waals surface area (Å²) in [7, 11) is -1.34. The molecule has 82 valence electrons. The Hall–Kier alpha value is -0.863. The van der Waals surface area contributed by atoms with Crippen LogP contribution in [0.2, 0.25) is 19.6 Å². The SMILES string of the molecule is C[Si](C)(C)OC/C=C\Cc1ccccc1. The van der Waals surface area contributed by atoms with Gasteiger partial charge < -0.3 is 4.43 Å². The maximum absolute atomic E-state index is 5.72. The fourth-order valence-electron chi connectivity index (χ4n) is 1.20. The summed E-state index contributed by atoms with van der Waals surface area (Å²) in [6.45, 7) is 7.37. The largest absolute Gasteiger partial charge is 0.414 e. The highest BCUT2D eigenvalue weighted by Gasteiger charge is 2.11. The Morgan fingerprint density at radius 3 is 2.33 bits per heavy atom. The molecule has 0 aliphatic heterocycles. The molecule has 0 bridgehead atoms. The zero-order valence-electron chi connectivity index (χ0n) is 9.86. The van der Waals surface area contributed by atoms with Gasteiger partial charge in [0.05, 0.1) is 6.61 Å². The van der Waals surface area contributed by atoms with Crippen LogP contribution in [0.5, 0.6) is 0 Å². The molecular formula is C13H20OSi. The molecule has 0 amide bonds. The van der Waals surface area contributed by atoms with E-state index in [1.54, 1.807) is 0 Å². The summed E-state index contributed by atoms with van der Waals surface area (Å²) in [6.07, 6.45) is 5.29. The summed E-state index contributed by atoms with van der Waals surface area (Å²) in [5.74, 6) is 0. The van der Waals surface area contributed by atoms with Gasteiger partial charge >= 0.3 is 0 Å². The van der Waals surface area contributed by atoms with E-state index in [2.05, 4.69) is 56.1 Å². The van der Waals surface area contributed by atoms with Crippen molar-refractivity contribution in [1.29, 1.82) is 0 Å². The van der Waals surface area contributed by atoms with Crippen molar-refractivity contribution in [3.63, 3.8) is 0 Å². The number of rotatable bonds is 5. The first-order chi connectivity index (χ1) is 7.08. The van der Waals surface area contributed by atoms with Crippen molar-refractivity contribution in [3.05, 3.63) is 48.0 Å². The number of benzene rings is 1. The first-order valence-electron chi connectivity index (χ1n) is 5.41. The lowest BCUT2D eigenvalue weighted by Crippen LogP contribution is -2.25. The molecule has 0 N–H and O–H groups in total. The zero-order valence-corrected chi connectivity index (χ0v) is 10.9. The van der Waals surface area contributed by atoms with Crippen LogP contribution in [0.15, 0.2) is 42.5 Å². The summed E-state index contributed by atoms with van der Waals surface area (Å²) in [4.78, 5) is 0. The fourth-order valence-corrected chi connectivity index (χ4v) is 1.80. The molecule has 1 rings (SSSR count). The van der Waals surface area contributed by atoms with Crippen LogP contribution in [0, 0.1) is 0 Å². The van der Waals surface area contributed by atoms with Crippen LogP contribution in [0.25, 0.3) is 0 Å². The molecule has 0 saturated heterocycles. The minimum Gasteiger partial charge on any atom is -0.414 e. The molecule has 1 nitrogen and oxygen atoms in total. The summed E-state index contributed by atoms with van der Waals surface area (Å²) in [5.41, 5.74) is 1.35. The van der Waals surface area contributed by atoms with E-state index in [1.807, 2.05) is 6.07 Å². The third-order valence-electron chi connectivity index (χ3n) is 1.98. The lowest BCUT2D eigenvalue weighted by atomic mass is 10.1. The van der Waals surface area contributed by atoms with Gasteiger partial charge in [-0.05, 0) is 31.6 Å². The van der Waals surface area contributed by atoms with Crippen molar-refractivity contribution in [3.8, 4) is 0 Å². The predicted molar refractivity (Wildman–Crippen MR) is 68.6 cm³/mol. The molecule has 2 heteroatoms. The number of hydrogen-bond acceptors (Lipinski definition) is 1. The van der Waals surface area contributed by atoms with Gasteiger partial charge in [0, 0.05) is 0 Å². The van der Waals surface area contributed by atoms with Gasteiger partial charge in [-0.3, -0.25) is 0 Å². The van der Waals surface area contributed by atoms with Crippen LogP contribution >= 0.6 is 0 Å². The first-order valence-corrected chi connectivity index (χ1v) is 8.82. The van der Waals surface area contributed by atoms with Crippen LogP contribution < -0.4 is 0 Å². The minimum atomic E-state index is -1.34. The summed E-state index contributed by atoms with van der Waals surface area (Å²) in [6, 6.07) is 10.5. The molecule has 0 spiro atoms. The third kappa shape index (κ3) is 6.26. The van der Waals surface area contributed by atoms with Crippen LogP contribution in [0.4, 0.5) is 0 Å². The standard InChI is InChI=1S/C13H20OSi/c1-15(2,3)14-12-8-7-11-13-9-5-4-6-10-13/h4-10H,11-12H2,1-3H3/b8-7-. The molecule has 0 heterocycles. The number of hydrogen-bond donors (Lipinski definition) is 0. The second kappa shape index (κ2) is 5.88. The van der Waals surface area contributed by atoms with E-state index < -0.39 is 8.32 Å². The quantitative estimate of drug-likeness (QED) is 0.544. The first kappa shape index (κ1) is 12.2. The molecule has 0 saturated carbocycles. The molecule has 0 radical (unpaired) electrons. The van der Waals surface area contributed by atoms with Gasteiger partial charge in [0.25, 0.3) is 0 Å². The molecule has 0 unspecified atom stereocenters. The molecular weight excluding hydrogens is 200 g/mol. The summed E-state index contributed by atoms with van der Waals surface area (Å²) >= 11 is 0. The molecule has 0 aliphatic rings. The average Bonchev–Trinajstić information content (AvgIpc) is 2.17. The lowest BCUT2D eigenvalue weighted by molar-refractivity contribution is 0.357. The second-order valence-corrected chi connectivity index (χ2v) is 9.10. The van der Waals surface area contributed by atoms with Gasteiger partial charge in [-0.2, -0.15) is 0 Å². The minimum absolute atomic E-state index is 0.753. The van der Waals surface area contributed by atoms with Gasteiger partial charge in [-0.25, -0.2) is 0 Å². The maximum atomic E-state index is 5.72. The second-order valence-electron chi connectivity index (χ2n) is 4.58. The molecule has 1 aromatic carbocycles. The van der Waals surface area contributed by atoms with E-state index in [4.69, 9.17) is 4.43 Å². The van der Waals surface area contributed by atoms with Gasteiger partial charge in [0.2, 0.25) is 0 Å². The Labute approximate surface area is 93.9 Å². The molecule has 0 aliphatic carbocycles. The van der Waals surface area contributed by atoms with E-state index in [9.17, 15) is 0 Å². The Morgan fingerprint density at radius 1 is 1.07 bits per heavy atom. The van der Waals surface area contributed by atoms with Crippen molar-refractivity contribution in [1.82, 2.24) is 0 Å². The van der Waals surface area contributed by atoms with Crippen LogP contribution in [-0.2, 0) is 10.8 Å².